The molecule has 1 aromatic carbocycles. The maximum atomic E-state index is 11.9. The molecular weight excluding hydrogens is 238 g/mol. The molecular formula is C15H22N3O+. The number of fused-ring (bicyclic) bond motifs is 1. The van der Waals surface area contributed by atoms with Gasteiger partial charge in [-0.15, -0.1) is 0 Å². The lowest BCUT2D eigenvalue weighted by atomic mass is 10.1. The van der Waals surface area contributed by atoms with Crippen molar-refractivity contribution in [2.75, 3.05) is 0 Å². The minimum absolute atomic E-state index is 0.0481. The number of hydrogen-bond donors (Lipinski definition) is 1. The molecule has 0 amide bonds. The van der Waals surface area contributed by atoms with Crippen LogP contribution in [0, 0.1) is 0 Å². The summed E-state index contributed by atoms with van der Waals surface area (Å²) in [5.74, 6) is 0. The molecule has 0 bridgehead atoms. The Morgan fingerprint density at radius 1 is 1.16 bits per heavy atom. The number of aryl methyl sites for hydroxylation is 2. The molecule has 1 saturated carbocycles. The topological polar surface area (TPSA) is 43.5 Å². The van der Waals surface area contributed by atoms with E-state index < -0.39 is 0 Å². The Labute approximate surface area is 113 Å². The van der Waals surface area contributed by atoms with Gasteiger partial charge in [-0.1, -0.05) is 6.07 Å². The molecule has 2 N–H and O–H groups in total. The minimum Gasteiger partial charge on any atom is -0.340 e. The van der Waals surface area contributed by atoms with E-state index in [0.717, 1.165) is 23.6 Å². The van der Waals surface area contributed by atoms with Crippen LogP contribution in [-0.2, 0) is 20.6 Å². The van der Waals surface area contributed by atoms with Crippen molar-refractivity contribution in [1.82, 2.24) is 9.13 Å². The number of imidazole rings is 1. The minimum atomic E-state index is 0.0481. The van der Waals surface area contributed by atoms with Gasteiger partial charge in [0.2, 0.25) is 0 Å². The van der Waals surface area contributed by atoms with Crippen molar-refractivity contribution in [3.05, 3.63) is 34.2 Å². The molecule has 1 heterocycles. The molecule has 1 aliphatic rings. The smallest absolute Gasteiger partial charge is 0.328 e. The van der Waals surface area contributed by atoms with E-state index in [9.17, 15) is 4.79 Å². The number of hydrogen-bond acceptors (Lipinski definition) is 1. The van der Waals surface area contributed by atoms with E-state index in [-0.39, 0.29) is 5.69 Å². The predicted molar refractivity (Wildman–Crippen MR) is 76.0 cm³/mol. The van der Waals surface area contributed by atoms with Crippen LogP contribution in [0.3, 0.4) is 0 Å². The Morgan fingerprint density at radius 2 is 1.84 bits per heavy atom. The van der Waals surface area contributed by atoms with Gasteiger partial charge in [0.1, 0.15) is 6.54 Å². The van der Waals surface area contributed by atoms with Crippen LogP contribution in [0.15, 0.2) is 23.0 Å². The molecule has 0 saturated heterocycles. The molecule has 1 aromatic heterocycles. The maximum absolute atomic E-state index is 11.9. The predicted octanol–water partition coefficient (Wildman–Crippen LogP) is 0.883. The van der Waals surface area contributed by atoms with E-state index in [4.69, 9.17) is 0 Å². The summed E-state index contributed by atoms with van der Waals surface area (Å²) < 4.78 is 3.44. The van der Waals surface area contributed by atoms with Crippen molar-refractivity contribution < 1.29 is 5.32 Å². The lowest BCUT2D eigenvalue weighted by Crippen LogP contribution is -2.87. The van der Waals surface area contributed by atoms with Crippen molar-refractivity contribution in [3.8, 4) is 0 Å². The Balaban J connectivity index is 1.85. The number of nitrogens with two attached hydrogens (primary N) is 1. The van der Waals surface area contributed by atoms with E-state index in [1.54, 1.807) is 9.13 Å². The Kier molecular flexibility index (Phi) is 3.19. The SMILES string of the molecule is Cn1c(=O)n(C)c2cc(C[NH2+]C3CCCC3)ccc21. The summed E-state index contributed by atoms with van der Waals surface area (Å²) in [5, 5.41) is 2.45. The van der Waals surface area contributed by atoms with E-state index in [0.29, 0.717) is 0 Å². The molecule has 4 heteroatoms. The fraction of sp³-hybridized carbons (Fsp3) is 0.533. The number of aromatic nitrogens is 2. The first-order valence-corrected chi connectivity index (χ1v) is 7.14. The van der Waals surface area contributed by atoms with Gasteiger partial charge in [-0.3, -0.25) is 9.13 Å². The van der Waals surface area contributed by atoms with Gasteiger partial charge in [0, 0.05) is 19.7 Å². The molecule has 1 aliphatic carbocycles. The number of nitrogens with zero attached hydrogens (tertiary/aromatic N) is 2. The Bertz CT molecular complexity index is 647. The second kappa shape index (κ2) is 4.85. The fourth-order valence-corrected chi connectivity index (χ4v) is 3.18. The third-order valence-corrected chi connectivity index (χ3v) is 4.42. The average molecular weight is 260 g/mol. The van der Waals surface area contributed by atoms with E-state index in [2.05, 4.69) is 23.5 Å². The lowest BCUT2D eigenvalue weighted by molar-refractivity contribution is -0.703. The van der Waals surface area contributed by atoms with Crippen molar-refractivity contribution in [2.45, 2.75) is 38.3 Å². The highest BCUT2D eigenvalue weighted by molar-refractivity contribution is 5.76. The van der Waals surface area contributed by atoms with Crippen LogP contribution >= 0.6 is 0 Å². The summed E-state index contributed by atoms with van der Waals surface area (Å²) in [7, 11) is 3.67. The zero-order chi connectivity index (χ0) is 13.4. The van der Waals surface area contributed by atoms with Gasteiger partial charge < -0.3 is 5.32 Å². The molecule has 0 radical (unpaired) electrons. The molecule has 0 aliphatic heterocycles. The molecule has 19 heavy (non-hydrogen) atoms. The van der Waals surface area contributed by atoms with Gasteiger partial charge in [0.05, 0.1) is 17.1 Å². The Hall–Kier alpha value is -1.55. The summed E-state index contributed by atoms with van der Waals surface area (Å²) in [5.41, 5.74) is 3.40. The standard InChI is InChI=1S/C15H21N3O/c1-17-13-8-7-11(9-14(13)18(2)15(17)19)10-16-12-5-3-4-6-12/h7-9,12,16H,3-6,10H2,1-2H3/p+1. The number of rotatable bonds is 3. The first-order valence-electron chi connectivity index (χ1n) is 7.14. The molecule has 0 spiro atoms. The van der Waals surface area contributed by atoms with Gasteiger partial charge in [0.15, 0.2) is 0 Å². The molecule has 0 atom stereocenters. The van der Waals surface area contributed by atoms with E-state index in [1.807, 2.05) is 14.1 Å². The third kappa shape index (κ3) is 2.21. The first-order chi connectivity index (χ1) is 9.16. The zero-order valence-electron chi connectivity index (χ0n) is 11.7. The van der Waals surface area contributed by atoms with Crippen LogP contribution in [0.4, 0.5) is 0 Å². The van der Waals surface area contributed by atoms with Crippen molar-refractivity contribution >= 4 is 11.0 Å². The number of quaternary nitrogens is 1. The molecule has 3 rings (SSSR count). The summed E-state index contributed by atoms with van der Waals surface area (Å²) in [6.45, 7) is 1.02. The summed E-state index contributed by atoms with van der Waals surface area (Å²) in [6.07, 6.45) is 5.47. The molecule has 1 fully saturated rings. The van der Waals surface area contributed by atoms with Crippen LogP contribution in [-0.4, -0.2) is 15.2 Å². The molecule has 0 unspecified atom stereocenters. The molecule has 102 valence electrons. The van der Waals surface area contributed by atoms with Crippen molar-refractivity contribution in [2.24, 2.45) is 14.1 Å². The fourth-order valence-electron chi connectivity index (χ4n) is 3.18. The monoisotopic (exact) mass is 260 g/mol. The highest BCUT2D eigenvalue weighted by Crippen LogP contribution is 2.16. The summed E-state index contributed by atoms with van der Waals surface area (Å²) in [4.78, 5) is 11.9. The highest BCUT2D eigenvalue weighted by atomic mass is 16.1. The first kappa shape index (κ1) is 12.5. The normalized spacial score (nSPS) is 16.5. The molecule has 4 nitrogen and oxygen atoms in total. The van der Waals surface area contributed by atoms with E-state index in [1.165, 1.54) is 31.2 Å². The van der Waals surface area contributed by atoms with E-state index >= 15 is 0 Å². The van der Waals surface area contributed by atoms with Crippen LogP contribution in [0.2, 0.25) is 0 Å². The second-order valence-electron chi connectivity index (χ2n) is 5.71. The molecule has 2 aromatic rings. The van der Waals surface area contributed by atoms with Gasteiger partial charge in [-0.05, 0) is 37.8 Å². The van der Waals surface area contributed by atoms with Gasteiger partial charge in [-0.25, -0.2) is 4.79 Å². The summed E-state index contributed by atoms with van der Waals surface area (Å²) in [6, 6.07) is 7.17. The van der Waals surface area contributed by atoms with Crippen LogP contribution in [0.5, 0.6) is 0 Å². The third-order valence-electron chi connectivity index (χ3n) is 4.42. The van der Waals surface area contributed by atoms with Crippen LogP contribution in [0.1, 0.15) is 31.2 Å². The summed E-state index contributed by atoms with van der Waals surface area (Å²) >= 11 is 0. The number of benzene rings is 1. The second-order valence-corrected chi connectivity index (χ2v) is 5.71. The zero-order valence-corrected chi connectivity index (χ0v) is 11.7. The Morgan fingerprint density at radius 3 is 2.58 bits per heavy atom. The van der Waals surface area contributed by atoms with Gasteiger partial charge in [0.25, 0.3) is 0 Å². The van der Waals surface area contributed by atoms with Crippen molar-refractivity contribution in [3.63, 3.8) is 0 Å². The van der Waals surface area contributed by atoms with Gasteiger partial charge >= 0.3 is 5.69 Å². The largest absolute Gasteiger partial charge is 0.340 e. The van der Waals surface area contributed by atoms with Crippen LogP contribution in [0.25, 0.3) is 11.0 Å². The van der Waals surface area contributed by atoms with Gasteiger partial charge in [-0.2, -0.15) is 0 Å². The quantitative estimate of drug-likeness (QED) is 0.875. The highest BCUT2D eigenvalue weighted by Gasteiger charge is 2.17. The van der Waals surface area contributed by atoms with Crippen molar-refractivity contribution in [1.29, 1.82) is 0 Å². The average Bonchev–Trinajstić information content (AvgIpc) is 3.01. The maximum Gasteiger partial charge on any atom is 0.328 e. The van der Waals surface area contributed by atoms with Crippen LogP contribution < -0.4 is 11.0 Å². The lowest BCUT2D eigenvalue weighted by Gasteiger charge is -2.08.